The van der Waals surface area contributed by atoms with Crippen LogP contribution in [0.15, 0.2) is 48.5 Å². The summed E-state index contributed by atoms with van der Waals surface area (Å²) in [6.07, 6.45) is 3.14. The molecule has 0 saturated heterocycles. The molecule has 42 heavy (non-hydrogen) atoms. The van der Waals surface area contributed by atoms with E-state index in [-0.39, 0.29) is 54.9 Å². The molecule has 10 nitrogen and oxygen atoms in total. The van der Waals surface area contributed by atoms with Crippen LogP contribution >= 0.6 is 0 Å². The number of carbonyl (C=O) groups excluding carboxylic acids is 2. The van der Waals surface area contributed by atoms with E-state index in [1.807, 2.05) is 44.2 Å². The summed E-state index contributed by atoms with van der Waals surface area (Å²) in [4.78, 5) is 30.3. The number of carbonyl (C=O) groups is 2. The van der Waals surface area contributed by atoms with E-state index in [9.17, 15) is 23.1 Å². The molecule has 1 aliphatic heterocycles. The van der Waals surface area contributed by atoms with E-state index in [0.29, 0.717) is 18.9 Å². The lowest BCUT2D eigenvalue weighted by molar-refractivity contribution is -0.131. The van der Waals surface area contributed by atoms with Gasteiger partial charge in [0.1, 0.15) is 5.75 Å². The third-order valence-corrected chi connectivity index (χ3v) is 8.04. The van der Waals surface area contributed by atoms with Crippen LogP contribution < -0.4 is 9.46 Å². The minimum Gasteiger partial charge on any atom is -0.490 e. The molecule has 2 amide bonds. The Balaban J connectivity index is 1.91. The molecule has 0 aliphatic carbocycles. The van der Waals surface area contributed by atoms with Crippen LogP contribution in [-0.4, -0.2) is 93.0 Å². The normalized spacial score (nSPS) is 21.4. The molecule has 0 bridgehead atoms. The van der Waals surface area contributed by atoms with Gasteiger partial charge in [-0.3, -0.25) is 14.3 Å². The molecule has 0 aromatic heterocycles. The molecule has 4 atom stereocenters. The van der Waals surface area contributed by atoms with Crippen molar-refractivity contribution in [2.24, 2.45) is 5.92 Å². The molecule has 2 aromatic rings. The van der Waals surface area contributed by atoms with Crippen molar-refractivity contribution in [2.75, 3.05) is 44.3 Å². The number of rotatable bonds is 8. The number of likely N-dealkylation sites (N-methyl/N-ethyl adjacent to an activating group) is 1. The van der Waals surface area contributed by atoms with Gasteiger partial charge in [-0.1, -0.05) is 37.3 Å². The zero-order valence-corrected chi connectivity index (χ0v) is 26.1. The number of anilines is 1. The predicted molar refractivity (Wildman–Crippen MR) is 163 cm³/mol. The lowest BCUT2D eigenvalue weighted by Crippen LogP contribution is -2.48. The lowest BCUT2D eigenvalue weighted by atomic mass is 10.0. The first-order chi connectivity index (χ1) is 19.9. The molecule has 3 rings (SSSR count). The maximum Gasteiger partial charge on any atom is 0.258 e. The lowest BCUT2D eigenvalue weighted by Gasteiger charge is -2.36. The van der Waals surface area contributed by atoms with Gasteiger partial charge in [0.15, 0.2) is 0 Å². The fourth-order valence-electron chi connectivity index (χ4n) is 4.94. The zero-order valence-electron chi connectivity index (χ0n) is 25.3. The molecule has 0 spiro atoms. The van der Waals surface area contributed by atoms with E-state index in [0.717, 1.165) is 31.1 Å². The Labute approximate surface area is 250 Å². The maximum absolute atomic E-state index is 14.1. The third-order valence-electron chi connectivity index (χ3n) is 7.43. The molecule has 2 aromatic carbocycles. The van der Waals surface area contributed by atoms with Gasteiger partial charge >= 0.3 is 0 Å². The zero-order chi connectivity index (χ0) is 30.9. The Kier molecular flexibility index (Phi) is 12.2. The largest absolute Gasteiger partial charge is 0.490 e. The number of nitrogens with zero attached hydrogens (tertiary/aromatic N) is 2. The molecule has 0 unspecified atom stereocenters. The van der Waals surface area contributed by atoms with E-state index < -0.39 is 22.0 Å². The van der Waals surface area contributed by atoms with Crippen molar-refractivity contribution in [1.82, 2.24) is 9.80 Å². The summed E-state index contributed by atoms with van der Waals surface area (Å²) >= 11 is 0. The van der Waals surface area contributed by atoms with Gasteiger partial charge in [-0.05, 0) is 56.9 Å². The van der Waals surface area contributed by atoms with Crippen LogP contribution in [0.2, 0.25) is 0 Å². The number of fused-ring (bicyclic) bond motifs is 1. The fourth-order valence-corrected chi connectivity index (χ4v) is 5.50. The first-order valence-electron chi connectivity index (χ1n) is 14.5. The van der Waals surface area contributed by atoms with E-state index in [1.54, 1.807) is 35.9 Å². The van der Waals surface area contributed by atoms with Gasteiger partial charge < -0.3 is 24.4 Å². The molecule has 1 aliphatic rings. The van der Waals surface area contributed by atoms with Gasteiger partial charge in [0.25, 0.3) is 5.91 Å². The van der Waals surface area contributed by atoms with Gasteiger partial charge in [-0.2, -0.15) is 0 Å². The number of aliphatic hydroxyl groups excluding tert-OH is 1. The summed E-state index contributed by atoms with van der Waals surface area (Å²) < 4.78 is 38.7. The summed E-state index contributed by atoms with van der Waals surface area (Å²) in [6, 6.07) is 13.7. The molecule has 0 saturated carbocycles. The molecule has 0 fully saturated rings. The highest BCUT2D eigenvalue weighted by molar-refractivity contribution is 7.92. The Morgan fingerprint density at radius 3 is 2.55 bits per heavy atom. The van der Waals surface area contributed by atoms with Crippen molar-refractivity contribution >= 4 is 27.5 Å². The number of nitrogens with one attached hydrogen (secondary N) is 1. The quantitative estimate of drug-likeness (QED) is 0.473. The topological polar surface area (TPSA) is 125 Å². The number of hydrogen-bond acceptors (Lipinski definition) is 7. The van der Waals surface area contributed by atoms with Crippen LogP contribution in [0, 0.1) is 5.92 Å². The minimum atomic E-state index is -3.57. The molecular formula is C31H45N3O7S. The highest BCUT2D eigenvalue weighted by Crippen LogP contribution is 2.29. The fraction of sp³-hybridized carbons (Fsp3) is 0.548. The number of amides is 2. The van der Waals surface area contributed by atoms with Gasteiger partial charge in [0, 0.05) is 38.3 Å². The molecular weight excluding hydrogens is 558 g/mol. The van der Waals surface area contributed by atoms with E-state index in [1.165, 1.54) is 6.07 Å². The van der Waals surface area contributed by atoms with Crippen LogP contribution in [0.3, 0.4) is 0 Å². The number of ether oxygens (including phenoxy) is 2. The molecule has 1 heterocycles. The maximum atomic E-state index is 14.1. The monoisotopic (exact) mass is 603 g/mol. The van der Waals surface area contributed by atoms with Crippen LogP contribution in [0.1, 0.15) is 56.0 Å². The second-order valence-electron chi connectivity index (χ2n) is 11.3. The Morgan fingerprint density at radius 2 is 1.88 bits per heavy atom. The van der Waals surface area contributed by atoms with Crippen molar-refractivity contribution in [1.29, 1.82) is 0 Å². The van der Waals surface area contributed by atoms with Crippen molar-refractivity contribution < 1.29 is 32.6 Å². The van der Waals surface area contributed by atoms with E-state index >= 15 is 0 Å². The van der Waals surface area contributed by atoms with Crippen LogP contribution in [0.4, 0.5) is 5.69 Å². The first kappa shape index (κ1) is 33.4. The van der Waals surface area contributed by atoms with Crippen LogP contribution in [0.25, 0.3) is 0 Å². The second-order valence-corrected chi connectivity index (χ2v) is 13.1. The number of sulfonamides is 1. The molecule has 2 N–H and O–H groups in total. The van der Waals surface area contributed by atoms with Crippen molar-refractivity contribution in [3.05, 3.63) is 59.7 Å². The molecule has 11 heteroatoms. The highest BCUT2D eigenvalue weighted by Gasteiger charge is 2.31. The summed E-state index contributed by atoms with van der Waals surface area (Å²) in [7, 11) is -1.81. The minimum absolute atomic E-state index is 0.0288. The van der Waals surface area contributed by atoms with Crippen molar-refractivity contribution in [2.45, 2.75) is 64.7 Å². The van der Waals surface area contributed by atoms with Gasteiger partial charge in [0.2, 0.25) is 15.9 Å². The Bertz CT molecular complexity index is 1290. The van der Waals surface area contributed by atoms with Crippen molar-refractivity contribution in [3.63, 3.8) is 0 Å². The Hall–Kier alpha value is -3.15. The number of benzene rings is 2. The van der Waals surface area contributed by atoms with Crippen LogP contribution in [0.5, 0.6) is 5.75 Å². The van der Waals surface area contributed by atoms with Crippen molar-refractivity contribution in [3.8, 4) is 5.75 Å². The SMILES string of the molecule is C[C@H](CO)N1C[C@H](C)[C@@H](CN(C)C(=O)Cc2ccccc2)OCCCC[C@H](C)Oc2ccc(NS(C)(=O)=O)cc2C1=O. The van der Waals surface area contributed by atoms with E-state index in [2.05, 4.69) is 4.72 Å². The third kappa shape index (κ3) is 9.99. The van der Waals surface area contributed by atoms with Gasteiger partial charge in [-0.15, -0.1) is 0 Å². The predicted octanol–water partition coefficient (Wildman–Crippen LogP) is 3.55. The van der Waals surface area contributed by atoms with E-state index in [4.69, 9.17) is 9.47 Å². The summed E-state index contributed by atoms with van der Waals surface area (Å²) in [5, 5.41) is 10.1. The number of hydrogen-bond donors (Lipinski definition) is 2. The number of aliphatic hydroxyl groups is 1. The summed E-state index contributed by atoms with van der Waals surface area (Å²) in [5.74, 6) is -0.269. The Morgan fingerprint density at radius 1 is 1.17 bits per heavy atom. The molecule has 232 valence electrons. The average molecular weight is 604 g/mol. The van der Waals surface area contributed by atoms with Gasteiger partial charge in [0.05, 0.1) is 43.1 Å². The summed E-state index contributed by atoms with van der Waals surface area (Å²) in [5.41, 5.74) is 1.38. The summed E-state index contributed by atoms with van der Waals surface area (Å²) in [6.45, 7) is 6.47. The first-order valence-corrected chi connectivity index (χ1v) is 16.4. The second kappa shape index (κ2) is 15.4. The smallest absolute Gasteiger partial charge is 0.258 e. The molecule has 0 radical (unpaired) electrons. The van der Waals surface area contributed by atoms with Gasteiger partial charge in [-0.25, -0.2) is 8.42 Å². The highest BCUT2D eigenvalue weighted by atomic mass is 32.2. The van der Waals surface area contributed by atoms with Crippen LogP contribution in [-0.2, 0) is 26.0 Å². The average Bonchev–Trinajstić information content (AvgIpc) is 2.94. The standard InChI is InChI=1S/C31H45N3O7S/c1-22-19-34(23(2)21-35)31(37)27-18-26(32-42(5,38)39)14-15-28(27)41-24(3)11-9-10-16-40-29(22)20-33(4)30(36)17-25-12-7-6-8-13-25/h6-8,12-15,18,22-24,29,32,35H,9-11,16-17,19-21H2,1-5H3/t22-,23+,24-,29+/m0/s1.